The van der Waals surface area contributed by atoms with Gasteiger partial charge in [0.15, 0.2) is 0 Å². The van der Waals surface area contributed by atoms with Crippen LogP contribution in [-0.4, -0.2) is 11.5 Å². The maximum absolute atomic E-state index is 13.0. The second kappa shape index (κ2) is 5.17. The fourth-order valence-corrected chi connectivity index (χ4v) is 2.20. The minimum Gasteiger partial charge on any atom is -0.330 e. The summed E-state index contributed by atoms with van der Waals surface area (Å²) in [6.07, 6.45) is -2.90. The Balaban J connectivity index is 2.59. The lowest BCUT2D eigenvalue weighted by Crippen LogP contribution is -2.08. The molecule has 0 amide bonds. The van der Waals surface area contributed by atoms with Crippen molar-refractivity contribution in [3.8, 4) is 0 Å². The Kier molecular flexibility index (Phi) is 3.75. The van der Waals surface area contributed by atoms with Crippen molar-refractivity contribution < 1.29 is 13.2 Å². The van der Waals surface area contributed by atoms with Crippen molar-refractivity contribution in [3.63, 3.8) is 0 Å². The first-order valence-corrected chi connectivity index (χ1v) is 6.10. The van der Waals surface area contributed by atoms with E-state index in [0.29, 0.717) is 24.0 Å². The normalized spacial score (nSPS) is 12.1. The topological polar surface area (TPSA) is 38.9 Å². The molecule has 1 aromatic carbocycles. The molecule has 0 spiro atoms. The van der Waals surface area contributed by atoms with E-state index in [-0.39, 0.29) is 5.39 Å². The van der Waals surface area contributed by atoms with E-state index in [1.807, 2.05) is 0 Å². The second-order valence-corrected chi connectivity index (χ2v) is 4.52. The minimum atomic E-state index is -4.36. The molecule has 2 rings (SSSR count). The first-order valence-electron chi connectivity index (χ1n) is 6.10. The highest BCUT2D eigenvalue weighted by Gasteiger charge is 2.33. The molecule has 0 bridgehead atoms. The highest BCUT2D eigenvalue weighted by atomic mass is 19.4. The molecule has 102 valence electrons. The van der Waals surface area contributed by atoms with Crippen LogP contribution in [-0.2, 0) is 12.6 Å². The Morgan fingerprint density at radius 3 is 2.63 bits per heavy atom. The number of aromatic nitrogens is 1. The number of hydrogen-bond acceptors (Lipinski definition) is 2. The van der Waals surface area contributed by atoms with Gasteiger partial charge < -0.3 is 5.73 Å². The van der Waals surface area contributed by atoms with Gasteiger partial charge in [-0.2, -0.15) is 13.2 Å². The predicted octanol–water partition coefficient (Wildman–Crippen LogP) is 3.45. The summed E-state index contributed by atoms with van der Waals surface area (Å²) in [6.45, 7) is 2.23. The monoisotopic (exact) mass is 268 g/mol. The fourth-order valence-electron chi connectivity index (χ4n) is 2.20. The van der Waals surface area contributed by atoms with E-state index in [1.165, 1.54) is 6.07 Å². The van der Waals surface area contributed by atoms with E-state index in [9.17, 15) is 13.2 Å². The van der Waals surface area contributed by atoms with Crippen LogP contribution in [0.1, 0.15) is 23.2 Å². The summed E-state index contributed by atoms with van der Waals surface area (Å²) >= 11 is 0. The van der Waals surface area contributed by atoms with Gasteiger partial charge in [0.1, 0.15) is 0 Å². The third kappa shape index (κ3) is 2.87. The van der Waals surface area contributed by atoms with E-state index in [0.717, 1.165) is 18.2 Å². The lowest BCUT2D eigenvalue weighted by Gasteiger charge is -2.13. The van der Waals surface area contributed by atoms with Gasteiger partial charge in [-0.25, -0.2) is 0 Å². The van der Waals surface area contributed by atoms with E-state index in [4.69, 9.17) is 5.73 Å². The molecule has 0 fully saturated rings. The molecule has 1 heterocycles. The van der Waals surface area contributed by atoms with Gasteiger partial charge in [-0.05, 0) is 50.1 Å². The van der Waals surface area contributed by atoms with Crippen LogP contribution < -0.4 is 5.73 Å². The minimum absolute atomic E-state index is 0.187. The number of nitrogens with two attached hydrogens (primary N) is 1. The Labute approximate surface area is 109 Å². The molecule has 2 aromatic rings. The lowest BCUT2D eigenvalue weighted by molar-refractivity contribution is -0.136. The van der Waals surface area contributed by atoms with E-state index in [1.54, 1.807) is 19.1 Å². The average molecular weight is 268 g/mol. The average Bonchev–Trinajstić information content (AvgIpc) is 2.34. The summed E-state index contributed by atoms with van der Waals surface area (Å²) < 4.78 is 38.9. The molecule has 1 aromatic heterocycles. The summed E-state index contributed by atoms with van der Waals surface area (Å²) in [7, 11) is 0. The number of aryl methyl sites for hydroxylation is 2. The van der Waals surface area contributed by atoms with Gasteiger partial charge in [-0.1, -0.05) is 6.07 Å². The number of benzene rings is 1. The zero-order chi connectivity index (χ0) is 14.0. The van der Waals surface area contributed by atoms with Crippen molar-refractivity contribution in [3.05, 3.63) is 41.1 Å². The molecule has 0 saturated carbocycles. The van der Waals surface area contributed by atoms with Crippen LogP contribution >= 0.6 is 0 Å². The van der Waals surface area contributed by atoms with Crippen molar-refractivity contribution in [2.24, 2.45) is 5.73 Å². The molecule has 2 nitrogen and oxygen atoms in total. The van der Waals surface area contributed by atoms with Gasteiger partial charge in [0.2, 0.25) is 0 Å². The van der Waals surface area contributed by atoms with Crippen molar-refractivity contribution in [2.75, 3.05) is 6.54 Å². The second-order valence-electron chi connectivity index (χ2n) is 4.52. The summed E-state index contributed by atoms with van der Waals surface area (Å²) in [5, 5.41) is 0.187. The SMILES string of the molecule is Cc1cc(CCCN)nc2cccc(C(F)(F)F)c12. The lowest BCUT2D eigenvalue weighted by atomic mass is 10.0. The van der Waals surface area contributed by atoms with Crippen molar-refractivity contribution in [1.82, 2.24) is 4.98 Å². The number of nitrogens with zero attached hydrogens (tertiary/aromatic N) is 1. The van der Waals surface area contributed by atoms with Crippen LogP contribution in [0.3, 0.4) is 0 Å². The standard InChI is InChI=1S/C14H15F3N2/c1-9-8-10(4-3-7-18)19-12-6-2-5-11(13(9)12)14(15,16)17/h2,5-6,8H,3-4,7,18H2,1H3. The molecule has 0 radical (unpaired) electrons. The number of pyridine rings is 1. The maximum Gasteiger partial charge on any atom is 0.417 e. The molecule has 19 heavy (non-hydrogen) atoms. The number of fused-ring (bicyclic) bond motifs is 1. The molecule has 0 aliphatic carbocycles. The third-order valence-electron chi connectivity index (χ3n) is 3.03. The molecular weight excluding hydrogens is 253 g/mol. The van der Waals surface area contributed by atoms with Crippen LogP contribution in [0.4, 0.5) is 13.2 Å². The summed E-state index contributed by atoms with van der Waals surface area (Å²) in [5.74, 6) is 0. The number of alkyl halides is 3. The molecule has 2 N–H and O–H groups in total. The molecule has 0 saturated heterocycles. The van der Waals surface area contributed by atoms with Gasteiger partial charge >= 0.3 is 6.18 Å². The highest BCUT2D eigenvalue weighted by Crippen LogP contribution is 2.35. The molecular formula is C14H15F3N2. The van der Waals surface area contributed by atoms with Crippen LogP contribution in [0.5, 0.6) is 0 Å². The number of rotatable bonds is 3. The van der Waals surface area contributed by atoms with E-state index < -0.39 is 11.7 Å². The van der Waals surface area contributed by atoms with Crippen LogP contribution in [0.15, 0.2) is 24.3 Å². The molecule has 0 atom stereocenters. The highest BCUT2D eigenvalue weighted by molar-refractivity contribution is 5.86. The van der Waals surface area contributed by atoms with Crippen molar-refractivity contribution >= 4 is 10.9 Å². The summed E-state index contributed by atoms with van der Waals surface area (Å²) in [5.41, 5.74) is 6.59. The Morgan fingerprint density at radius 1 is 1.26 bits per heavy atom. The Hall–Kier alpha value is -1.62. The van der Waals surface area contributed by atoms with E-state index >= 15 is 0 Å². The molecule has 0 aliphatic heterocycles. The zero-order valence-corrected chi connectivity index (χ0v) is 10.6. The van der Waals surface area contributed by atoms with Crippen molar-refractivity contribution in [1.29, 1.82) is 0 Å². The largest absolute Gasteiger partial charge is 0.417 e. The van der Waals surface area contributed by atoms with Gasteiger partial charge in [0, 0.05) is 11.1 Å². The first-order chi connectivity index (χ1) is 8.93. The summed E-state index contributed by atoms with van der Waals surface area (Å²) in [6, 6.07) is 5.82. The molecule has 0 aliphatic rings. The van der Waals surface area contributed by atoms with Gasteiger partial charge in [0.25, 0.3) is 0 Å². The maximum atomic E-state index is 13.0. The molecule has 0 unspecified atom stereocenters. The quantitative estimate of drug-likeness (QED) is 0.926. The van der Waals surface area contributed by atoms with Gasteiger partial charge in [-0.15, -0.1) is 0 Å². The third-order valence-corrected chi connectivity index (χ3v) is 3.03. The van der Waals surface area contributed by atoms with Crippen LogP contribution in [0.2, 0.25) is 0 Å². The number of hydrogen-bond donors (Lipinski definition) is 1. The van der Waals surface area contributed by atoms with Crippen LogP contribution in [0, 0.1) is 6.92 Å². The Morgan fingerprint density at radius 2 is 2.00 bits per heavy atom. The van der Waals surface area contributed by atoms with Gasteiger partial charge in [0.05, 0.1) is 11.1 Å². The Bertz CT molecular complexity index is 591. The van der Waals surface area contributed by atoms with Crippen LogP contribution in [0.25, 0.3) is 10.9 Å². The fraction of sp³-hybridized carbons (Fsp3) is 0.357. The molecule has 5 heteroatoms. The smallest absolute Gasteiger partial charge is 0.330 e. The summed E-state index contributed by atoms with van der Waals surface area (Å²) in [4.78, 5) is 4.29. The number of halogens is 3. The zero-order valence-electron chi connectivity index (χ0n) is 10.6. The van der Waals surface area contributed by atoms with Crippen molar-refractivity contribution in [2.45, 2.75) is 25.9 Å². The first kappa shape index (κ1) is 13.8. The predicted molar refractivity (Wildman–Crippen MR) is 68.9 cm³/mol. The van der Waals surface area contributed by atoms with Gasteiger partial charge in [-0.3, -0.25) is 4.98 Å². The van der Waals surface area contributed by atoms with E-state index in [2.05, 4.69) is 4.98 Å².